The molecule has 8 heteroatoms. The van der Waals surface area contributed by atoms with Crippen LogP contribution in [-0.4, -0.2) is 18.4 Å². The quantitative estimate of drug-likeness (QED) is 0.261. The molecule has 6 nitrogen and oxygen atoms in total. The SMILES string of the molecule is Cc1ccccc1NC(=O)COc1c(Br)cc(/C=C(\C#N)C(=O)NCc2ccccc2)cc1Br. The normalized spacial score (nSPS) is 10.8. The van der Waals surface area contributed by atoms with Crippen molar-refractivity contribution in [2.75, 3.05) is 11.9 Å². The molecule has 0 atom stereocenters. The molecule has 2 N–H and O–H groups in total. The molecule has 0 aliphatic carbocycles. The van der Waals surface area contributed by atoms with Crippen molar-refractivity contribution in [3.63, 3.8) is 0 Å². The van der Waals surface area contributed by atoms with Gasteiger partial charge in [-0.2, -0.15) is 5.26 Å². The standard InChI is InChI=1S/C26H21Br2N3O3/c1-17-7-5-6-10-23(17)31-24(32)16-34-25-21(27)12-19(13-22(25)28)11-20(14-29)26(33)30-15-18-8-3-2-4-9-18/h2-13H,15-16H2,1H3,(H,30,33)(H,31,32)/b20-11+. The molecule has 0 aliphatic heterocycles. The Balaban J connectivity index is 1.65. The van der Waals surface area contributed by atoms with E-state index in [4.69, 9.17) is 4.74 Å². The number of benzene rings is 3. The van der Waals surface area contributed by atoms with Crippen molar-refractivity contribution in [2.24, 2.45) is 0 Å². The molecule has 2 amide bonds. The molecule has 3 aromatic carbocycles. The van der Waals surface area contributed by atoms with Gasteiger partial charge in [0.2, 0.25) is 0 Å². The van der Waals surface area contributed by atoms with E-state index in [1.54, 1.807) is 12.1 Å². The molecular weight excluding hydrogens is 562 g/mol. The van der Waals surface area contributed by atoms with Gasteiger partial charge in [-0.25, -0.2) is 0 Å². The van der Waals surface area contributed by atoms with E-state index in [0.717, 1.165) is 16.8 Å². The van der Waals surface area contributed by atoms with E-state index < -0.39 is 5.91 Å². The predicted octanol–water partition coefficient (Wildman–Crippen LogP) is 5.76. The van der Waals surface area contributed by atoms with Crippen molar-refractivity contribution >= 4 is 55.4 Å². The van der Waals surface area contributed by atoms with Crippen molar-refractivity contribution in [2.45, 2.75) is 13.5 Å². The van der Waals surface area contributed by atoms with Gasteiger partial charge in [-0.15, -0.1) is 0 Å². The van der Waals surface area contributed by atoms with Crippen LogP contribution in [0.3, 0.4) is 0 Å². The molecule has 0 aliphatic rings. The van der Waals surface area contributed by atoms with Gasteiger partial charge in [0.1, 0.15) is 17.4 Å². The lowest BCUT2D eigenvalue weighted by Gasteiger charge is -2.12. The second-order valence-corrected chi connectivity index (χ2v) is 9.01. The first-order chi connectivity index (χ1) is 16.4. The van der Waals surface area contributed by atoms with Gasteiger partial charge in [0, 0.05) is 12.2 Å². The van der Waals surface area contributed by atoms with Crippen LogP contribution in [-0.2, 0) is 16.1 Å². The number of anilines is 1. The number of hydrogen-bond acceptors (Lipinski definition) is 4. The number of carbonyl (C=O) groups excluding carboxylic acids is 2. The lowest BCUT2D eigenvalue weighted by molar-refractivity contribution is -0.118. The molecule has 0 bridgehead atoms. The van der Waals surface area contributed by atoms with Crippen LogP contribution < -0.4 is 15.4 Å². The highest BCUT2D eigenvalue weighted by Crippen LogP contribution is 2.35. The number of aryl methyl sites for hydroxylation is 1. The van der Waals surface area contributed by atoms with E-state index >= 15 is 0 Å². The average Bonchev–Trinajstić information content (AvgIpc) is 2.82. The third-order valence-electron chi connectivity index (χ3n) is 4.76. The summed E-state index contributed by atoms with van der Waals surface area (Å²) in [6.45, 7) is 2.04. The van der Waals surface area contributed by atoms with Crippen molar-refractivity contribution < 1.29 is 14.3 Å². The fourth-order valence-corrected chi connectivity index (χ4v) is 4.48. The first kappa shape index (κ1) is 25.2. The number of nitrogens with zero attached hydrogens (tertiary/aromatic N) is 1. The number of nitriles is 1. The maximum Gasteiger partial charge on any atom is 0.262 e. The zero-order valence-corrected chi connectivity index (χ0v) is 21.4. The molecule has 0 aromatic heterocycles. The molecular formula is C26H21Br2N3O3. The minimum atomic E-state index is -0.466. The van der Waals surface area contributed by atoms with Crippen molar-refractivity contribution in [1.29, 1.82) is 5.26 Å². The summed E-state index contributed by atoms with van der Waals surface area (Å²) < 4.78 is 6.83. The first-order valence-corrected chi connectivity index (χ1v) is 11.9. The number of para-hydroxylation sites is 1. The predicted molar refractivity (Wildman–Crippen MR) is 139 cm³/mol. The molecule has 0 radical (unpaired) electrons. The summed E-state index contributed by atoms with van der Waals surface area (Å²) in [7, 11) is 0. The monoisotopic (exact) mass is 581 g/mol. The Labute approximate surface area is 214 Å². The topological polar surface area (TPSA) is 91.2 Å². The molecule has 3 aromatic rings. The van der Waals surface area contributed by atoms with Gasteiger partial charge in [0.25, 0.3) is 11.8 Å². The lowest BCUT2D eigenvalue weighted by atomic mass is 10.1. The highest BCUT2D eigenvalue weighted by Gasteiger charge is 2.14. The van der Waals surface area contributed by atoms with Crippen LogP contribution in [0.25, 0.3) is 6.08 Å². The first-order valence-electron chi connectivity index (χ1n) is 10.3. The number of carbonyl (C=O) groups is 2. The maximum atomic E-state index is 12.4. The summed E-state index contributed by atoms with van der Waals surface area (Å²) in [6.07, 6.45) is 1.49. The molecule has 0 unspecified atom stereocenters. The second-order valence-electron chi connectivity index (χ2n) is 7.30. The zero-order valence-electron chi connectivity index (χ0n) is 18.3. The van der Waals surface area contributed by atoms with Crippen LogP contribution in [0.1, 0.15) is 16.7 Å². The van der Waals surface area contributed by atoms with Crippen molar-refractivity contribution in [3.8, 4) is 11.8 Å². The molecule has 0 heterocycles. The lowest BCUT2D eigenvalue weighted by Crippen LogP contribution is -2.23. The summed E-state index contributed by atoms with van der Waals surface area (Å²) in [6, 6.07) is 22.3. The van der Waals surface area contributed by atoms with Gasteiger partial charge in [-0.05, 0) is 79.7 Å². The van der Waals surface area contributed by atoms with Crippen LogP contribution in [0, 0.1) is 18.3 Å². The largest absolute Gasteiger partial charge is 0.481 e. The van der Waals surface area contributed by atoms with Crippen LogP contribution in [0.15, 0.2) is 81.2 Å². The Morgan fingerprint density at radius 3 is 2.32 bits per heavy atom. The fourth-order valence-electron chi connectivity index (χ4n) is 3.03. The average molecular weight is 583 g/mol. The van der Waals surface area contributed by atoms with E-state index in [-0.39, 0.29) is 18.1 Å². The van der Waals surface area contributed by atoms with E-state index in [1.807, 2.05) is 67.6 Å². The molecule has 34 heavy (non-hydrogen) atoms. The van der Waals surface area contributed by atoms with Gasteiger partial charge in [0.15, 0.2) is 6.61 Å². The maximum absolute atomic E-state index is 12.4. The summed E-state index contributed by atoms with van der Waals surface area (Å²) in [5, 5.41) is 15.0. The molecule has 0 saturated heterocycles. The summed E-state index contributed by atoms with van der Waals surface area (Å²) in [5.41, 5.74) is 3.20. The van der Waals surface area contributed by atoms with Crippen LogP contribution in [0.2, 0.25) is 0 Å². The molecule has 0 saturated carbocycles. The van der Waals surface area contributed by atoms with Gasteiger partial charge in [-0.1, -0.05) is 48.5 Å². The summed E-state index contributed by atoms with van der Waals surface area (Å²) >= 11 is 6.87. The number of amides is 2. The van der Waals surface area contributed by atoms with Gasteiger partial charge >= 0.3 is 0 Å². The van der Waals surface area contributed by atoms with E-state index in [1.165, 1.54) is 6.08 Å². The van der Waals surface area contributed by atoms with E-state index in [0.29, 0.717) is 26.8 Å². The number of nitrogens with one attached hydrogen (secondary N) is 2. The number of halogens is 2. The smallest absolute Gasteiger partial charge is 0.262 e. The Hall–Kier alpha value is -3.41. The van der Waals surface area contributed by atoms with Crippen LogP contribution in [0.5, 0.6) is 5.75 Å². The number of hydrogen-bond donors (Lipinski definition) is 2. The highest BCUT2D eigenvalue weighted by atomic mass is 79.9. The van der Waals surface area contributed by atoms with Crippen LogP contribution in [0.4, 0.5) is 5.69 Å². The van der Waals surface area contributed by atoms with Gasteiger partial charge in [0.05, 0.1) is 8.95 Å². The number of ether oxygens (including phenoxy) is 1. The fraction of sp³-hybridized carbons (Fsp3) is 0.115. The summed E-state index contributed by atoms with van der Waals surface area (Å²) in [4.78, 5) is 24.7. The van der Waals surface area contributed by atoms with Gasteiger partial charge < -0.3 is 15.4 Å². The Bertz CT molecular complexity index is 1240. The molecule has 172 valence electrons. The third kappa shape index (κ3) is 7.04. The molecule has 0 fully saturated rings. The Morgan fingerprint density at radius 2 is 1.68 bits per heavy atom. The second kappa shape index (κ2) is 12.2. The minimum Gasteiger partial charge on any atom is -0.481 e. The Morgan fingerprint density at radius 1 is 1.03 bits per heavy atom. The zero-order chi connectivity index (χ0) is 24.5. The molecule has 0 spiro atoms. The van der Waals surface area contributed by atoms with E-state index in [9.17, 15) is 14.9 Å². The van der Waals surface area contributed by atoms with E-state index in [2.05, 4.69) is 42.5 Å². The number of rotatable bonds is 8. The van der Waals surface area contributed by atoms with Crippen molar-refractivity contribution in [3.05, 3.63) is 97.9 Å². The Kier molecular flexibility index (Phi) is 9.02. The van der Waals surface area contributed by atoms with Crippen LogP contribution >= 0.6 is 31.9 Å². The minimum absolute atomic E-state index is 0.0268. The van der Waals surface area contributed by atoms with Gasteiger partial charge in [-0.3, -0.25) is 9.59 Å². The third-order valence-corrected chi connectivity index (χ3v) is 5.94. The summed E-state index contributed by atoms with van der Waals surface area (Å²) in [5.74, 6) is -0.324. The highest BCUT2D eigenvalue weighted by molar-refractivity contribution is 9.11. The molecule has 3 rings (SSSR count). The van der Waals surface area contributed by atoms with Crippen molar-refractivity contribution in [1.82, 2.24) is 5.32 Å².